The summed E-state index contributed by atoms with van der Waals surface area (Å²) in [6.45, 7) is 4.13. The van der Waals surface area contributed by atoms with Gasteiger partial charge in [0, 0.05) is 11.1 Å². The third-order valence-electron chi connectivity index (χ3n) is 2.25. The van der Waals surface area contributed by atoms with Crippen molar-refractivity contribution in [2.75, 3.05) is 12.3 Å². The quantitative estimate of drug-likeness (QED) is 0.609. The molecule has 0 spiro atoms. The van der Waals surface area contributed by atoms with E-state index in [1.54, 1.807) is 6.08 Å². The first-order valence-corrected chi connectivity index (χ1v) is 4.83. The number of nitrogen functional groups attached to an aromatic ring is 1. The molecule has 0 aromatic heterocycles. The van der Waals surface area contributed by atoms with Crippen LogP contribution < -0.4 is 10.5 Å². The van der Waals surface area contributed by atoms with Crippen molar-refractivity contribution in [2.45, 2.75) is 0 Å². The number of hydrogen-bond acceptors (Lipinski definition) is 2. The van der Waals surface area contributed by atoms with E-state index >= 15 is 0 Å². The average molecular weight is 199 g/mol. The minimum Gasteiger partial charge on any atom is -0.490 e. The number of hydrogen-bond donors (Lipinski definition) is 1. The number of nitrogens with two attached hydrogens (primary N) is 1. The maximum Gasteiger partial charge on any atom is 0.120 e. The molecule has 0 atom stereocenters. The van der Waals surface area contributed by atoms with Crippen LogP contribution in [0.1, 0.15) is 0 Å². The molecule has 2 rings (SSSR count). The first-order valence-electron chi connectivity index (χ1n) is 4.83. The highest BCUT2D eigenvalue weighted by molar-refractivity contribution is 5.93. The second kappa shape index (κ2) is 4.05. The van der Waals surface area contributed by atoms with E-state index < -0.39 is 0 Å². The Balaban J connectivity index is 2.43. The van der Waals surface area contributed by atoms with Crippen LogP contribution in [0.25, 0.3) is 10.8 Å². The lowest BCUT2D eigenvalue weighted by atomic mass is 10.1. The monoisotopic (exact) mass is 199 g/mol. The number of benzene rings is 2. The number of ether oxygens (including phenoxy) is 1. The van der Waals surface area contributed by atoms with Crippen molar-refractivity contribution in [3.8, 4) is 5.75 Å². The largest absolute Gasteiger partial charge is 0.490 e. The van der Waals surface area contributed by atoms with Gasteiger partial charge in [-0.05, 0) is 29.7 Å². The maximum atomic E-state index is 5.85. The van der Waals surface area contributed by atoms with E-state index in [2.05, 4.69) is 6.58 Å². The molecule has 0 aliphatic rings. The molecule has 15 heavy (non-hydrogen) atoms. The van der Waals surface area contributed by atoms with Crippen LogP contribution in [0, 0.1) is 0 Å². The molecule has 2 aromatic rings. The van der Waals surface area contributed by atoms with E-state index in [4.69, 9.17) is 10.5 Å². The molecule has 2 heteroatoms. The summed E-state index contributed by atoms with van der Waals surface area (Å²) >= 11 is 0. The molecular formula is C13H13NO. The molecule has 0 bridgehead atoms. The Morgan fingerprint density at radius 3 is 2.93 bits per heavy atom. The van der Waals surface area contributed by atoms with E-state index in [1.807, 2.05) is 36.4 Å². The fourth-order valence-electron chi connectivity index (χ4n) is 1.53. The minimum atomic E-state index is 0.522. The summed E-state index contributed by atoms with van der Waals surface area (Å²) < 4.78 is 5.44. The van der Waals surface area contributed by atoms with Gasteiger partial charge in [-0.1, -0.05) is 24.8 Å². The molecule has 0 aliphatic carbocycles. The van der Waals surface area contributed by atoms with Gasteiger partial charge in [0.1, 0.15) is 12.4 Å². The van der Waals surface area contributed by atoms with Gasteiger partial charge in [-0.2, -0.15) is 0 Å². The molecule has 0 heterocycles. The van der Waals surface area contributed by atoms with E-state index in [0.717, 1.165) is 22.2 Å². The summed E-state index contributed by atoms with van der Waals surface area (Å²) in [6, 6.07) is 11.7. The van der Waals surface area contributed by atoms with Gasteiger partial charge in [-0.3, -0.25) is 0 Å². The molecule has 2 aromatic carbocycles. The fraction of sp³-hybridized carbons (Fsp3) is 0.0769. The third kappa shape index (κ3) is 1.94. The molecule has 0 saturated heterocycles. The highest BCUT2D eigenvalue weighted by Crippen LogP contribution is 2.25. The van der Waals surface area contributed by atoms with Crippen molar-refractivity contribution in [2.24, 2.45) is 0 Å². The molecular weight excluding hydrogens is 186 g/mol. The SMILES string of the molecule is C=CCOc1ccc2c(N)cccc2c1. The maximum absolute atomic E-state index is 5.85. The van der Waals surface area contributed by atoms with Crippen LogP contribution in [-0.2, 0) is 0 Å². The van der Waals surface area contributed by atoms with E-state index in [-0.39, 0.29) is 0 Å². The molecule has 0 aliphatic heterocycles. The lowest BCUT2D eigenvalue weighted by molar-refractivity contribution is 0.364. The second-order valence-corrected chi connectivity index (χ2v) is 3.33. The van der Waals surface area contributed by atoms with Gasteiger partial charge in [-0.25, -0.2) is 0 Å². The van der Waals surface area contributed by atoms with Crippen LogP contribution in [0.5, 0.6) is 5.75 Å². The van der Waals surface area contributed by atoms with E-state index in [9.17, 15) is 0 Å². The van der Waals surface area contributed by atoms with Crippen LogP contribution in [0.4, 0.5) is 5.69 Å². The predicted octanol–water partition coefficient (Wildman–Crippen LogP) is 2.99. The van der Waals surface area contributed by atoms with Crippen LogP contribution in [0.3, 0.4) is 0 Å². The Kier molecular flexibility index (Phi) is 2.59. The molecule has 0 saturated carbocycles. The van der Waals surface area contributed by atoms with Crippen molar-refractivity contribution in [3.63, 3.8) is 0 Å². The Morgan fingerprint density at radius 2 is 2.13 bits per heavy atom. The molecule has 76 valence electrons. The molecule has 0 radical (unpaired) electrons. The first-order chi connectivity index (χ1) is 7.31. The predicted molar refractivity (Wildman–Crippen MR) is 64.1 cm³/mol. The van der Waals surface area contributed by atoms with Gasteiger partial charge >= 0.3 is 0 Å². The number of rotatable bonds is 3. The van der Waals surface area contributed by atoms with Crippen molar-refractivity contribution in [1.82, 2.24) is 0 Å². The van der Waals surface area contributed by atoms with Crippen molar-refractivity contribution in [3.05, 3.63) is 49.1 Å². The zero-order valence-electron chi connectivity index (χ0n) is 8.44. The van der Waals surface area contributed by atoms with Gasteiger partial charge < -0.3 is 10.5 Å². The van der Waals surface area contributed by atoms with Crippen molar-refractivity contribution >= 4 is 16.5 Å². The Morgan fingerprint density at radius 1 is 1.27 bits per heavy atom. The average Bonchev–Trinajstić information content (AvgIpc) is 2.26. The van der Waals surface area contributed by atoms with Gasteiger partial charge in [0.15, 0.2) is 0 Å². The summed E-state index contributed by atoms with van der Waals surface area (Å²) in [4.78, 5) is 0. The van der Waals surface area contributed by atoms with E-state index in [0.29, 0.717) is 6.61 Å². The lowest BCUT2D eigenvalue weighted by Gasteiger charge is -2.06. The van der Waals surface area contributed by atoms with Crippen molar-refractivity contribution in [1.29, 1.82) is 0 Å². The fourth-order valence-corrected chi connectivity index (χ4v) is 1.53. The van der Waals surface area contributed by atoms with Gasteiger partial charge in [0.05, 0.1) is 0 Å². The van der Waals surface area contributed by atoms with E-state index in [1.165, 1.54) is 0 Å². The van der Waals surface area contributed by atoms with Crippen LogP contribution >= 0.6 is 0 Å². The molecule has 0 unspecified atom stereocenters. The zero-order chi connectivity index (χ0) is 10.7. The zero-order valence-corrected chi connectivity index (χ0v) is 8.44. The smallest absolute Gasteiger partial charge is 0.120 e. The topological polar surface area (TPSA) is 35.2 Å². The Hall–Kier alpha value is -1.96. The normalized spacial score (nSPS) is 10.1. The van der Waals surface area contributed by atoms with Gasteiger partial charge in [0.2, 0.25) is 0 Å². The highest BCUT2D eigenvalue weighted by Gasteiger charge is 1.99. The Labute approximate surface area is 89.0 Å². The first kappa shape index (κ1) is 9.59. The summed E-state index contributed by atoms with van der Waals surface area (Å²) in [7, 11) is 0. The lowest BCUT2D eigenvalue weighted by Crippen LogP contribution is -1.93. The van der Waals surface area contributed by atoms with Gasteiger partial charge in [0.25, 0.3) is 0 Å². The second-order valence-electron chi connectivity index (χ2n) is 3.33. The number of fused-ring (bicyclic) bond motifs is 1. The number of anilines is 1. The van der Waals surface area contributed by atoms with Crippen LogP contribution in [0.2, 0.25) is 0 Å². The Bertz CT molecular complexity index is 491. The summed E-state index contributed by atoms with van der Waals surface area (Å²) in [5.74, 6) is 0.841. The van der Waals surface area contributed by atoms with Crippen LogP contribution in [-0.4, -0.2) is 6.61 Å². The molecule has 2 N–H and O–H groups in total. The minimum absolute atomic E-state index is 0.522. The summed E-state index contributed by atoms with van der Waals surface area (Å²) in [6.07, 6.45) is 1.73. The van der Waals surface area contributed by atoms with Gasteiger partial charge in [-0.15, -0.1) is 0 Å². The summed E-state index contributed by atoms with van der Waals surface area (Å²) in [5.41, 5.74) is 6.64. The van der Waals surface area contributed by atoms with Crippen LogP contribution in [0.15, 0.2) is 49.1 Å². The third-order valence-corrected chi connectivity index (χ3v) is 2.25. The highest BCUT2D eigenvalue weighted by atomic mass is 16.5. The molecule has 2 nitrogen and oxygen atoms in total. The molecule has 0 amide bonds. The summed E-state index contributed by atoms with van der Waals surface area (Å²) in [5, 5.41) is 2.15. The van der Waals surface area contributed by atoms with Crippen molar-refractivity contribution < 1.29 is 4.74 Å². The molecule has 0 fully saturated rings. The standard InChI is InChI=1S/C13H13NO/c1-2-8-15-11-6-7-12-10(9-11)4-3-5-13(12)14/h2-7,9H,1,8,14H2.